The normalized spacial score (nSPS) is 11.0. The Kier molecular flexibility index (Phi) is 5.09. The summed E-state index contributed by atoms with van der Waals surface area (Å²) in [5.74, 6) is 0.536. The molecule has 23 heavy (non-hydrogen) atoms. The molecule has 0 saturated heterocycles. The molecule has 1 amide bonds. The van der Waals surface area contributed by atoms with E-state index in [-0.39, 0.29) is 11.7 Å². The highest BCUT2D eigenvalue weighted by Gasteiger charge is 2.10. The zero-order chi connectivity index (χ0) is 16.2. The number of para-hydroxylation sites is 2. The van der Waals surface area contributed by atoms with Crippen LogP contribution in [0.4, 0.5) is 0 Å². The highest BCUT2D eigenvalue weighted by molar-refractivity contribution is 8.03. The molecular weight excluding hydrogens is 350 g/mol. The first-order valence-corrected chi connectivity index (χ1v) is 9.50. The summed E-state index contributed by atoms with van der Waals surface area (Å²) in [7, 11) is 0. The lowest BCUT2D eigenvalue weighted by Crippen LogP contribution is -2.12. The topological polar surface area (TPSA) is 94.7 Å². The first-order valence-electron chi connectivity index (χ1n) is 6.71. The largest absolute Gasteiger partial charge is 0.369 e. The molecule has 3 aromatic rings. The van der Waals surface area contributed by atoms with Gasteiger partial charge in [-0.05, 0) is 19.1 Å². The molecule has 0 aliphatic heterocycles. The standard InChI is InChI=1S/C14H13N5OS3/c1-8-11(17-10-5-3-2-4-9(10)16-8)6-21-13-18-19-14(23-13)22-7-12(15)20/h2-5H,6-7H2,1H3,(H2,15,20). The molecule has 2 heterocycles. The second-order valence-corrected chi connectivity index (χ2v) is 8.04. The number of aromatic nitrogens is 4. The van der Waals surface area contributed by atoms with Gasteiger partial charge in [0.1, 0.15) is 0 Å². The van der Waals surface area contributed by atoms with Gasteiger partial charge < -0.3 is 5.73 Å². The second-order valence-electron chi connectivity index (χ2n) is 4.62. The van der Waals surface area contributed by atoms with Crippen molar-refractivity contribution in [1.82, 2.24) is 20.2 Å². The molecule has 3 rings (SSSR count). The molecule has 118 valence electrons. The number of primary amides is 1. The summed E-state index contributed by atoms with van der Waals surface area (Å²) in [5.41, 5.74) is 8.78. The van der Waals surface area contributed by atoms with Crippen LogP contribution < -0.4 is 5.73 Å². The molecule has 0 unspecified atom stereocenters. The summed E-state index contributed by atoms with van der Waals surface area (Å²) in [6.45, 7) is 1.96. The zero-order valence-corrected chi connectivity index (χ0v) is 14.7. The smallest absolute Gasteiger partial charge is 0.227 e. The van der Waals surface area contributed by atoms with Gasteiger partial charge in [0, 0.05) is 5.75 Å². The second kappa shape index (κ2) is 7.24. The number of nitrogens with zero attached hydrogens (tertiary/aromatic N) is 4. The Morgan fingerprint density at radius 3 is 2.48 bits per heavy atom. The molecular formula is C14H13N5OS3. The average molecular weight is 363 g/mol. The van der Waals surface area contributed by atoms with Gasteiger partial charge in [-0.15, -0.1) is 10.2 Å². The lowest BCUT2D eigenvalue weighted by Gasteiger charge is -2.05. The van der Waals surface area contributed by atoms with E-state index in [0.29, 0.717) is 5.75 Å². The van der Waals surface area contributed by atoms with Crippen molar-refractivity contribution in [3.05, 3.63) is 35.7 Å². The number of hydrogen-bond acceptors (Lipinski definition) is 8. The SMILES string of the molecule is Cc1nc2ccccc2nc1CSc1nnc(SCC(N)=O)s1. The van der Waals surface area contributed by atoms with Crippen LogP contribution in [0.25, 0.3) is 11.0 Å². The number of nitrogens with two attached hydrogens (primary N) is 1. The predicted octanol–water partition coefficient (Wildman–Crippen LogP) is 2.66. The van der Waals surface area contributed by atoms with E-state index in [4.69, 9.17) is 5.73 Å². The molecule has 0 aliphatic carbocycles. The average Bonchev–Trinajstić information content (AvgIpc) is 2.99. The number of fused-ring (bicyclic) bond motifs is 1. The van der Waals surface area contributed by atoms with Crippen LogP contribution >= 0.6 is 34.9 Å². The van der Waals surface area contributed by atoms with Gasteiger partial charge in [-0.1, -0.05) is 47.0 Å². The van der Waals surface area contributed by atoms with Crippen molar-refractivity contribution >= 4 is 51.8 Å². The summed E-state index contributed by atoms with van der Waals surface area (Å²) in [5, 5.41) is 8.15. The monoisotopic (exact) mass is 363 g/mol. The lowest BCUT2D eigenvalue weighted by atomic mass is 10.2. The van der Waals surface area contributed by atoms with Crippen molar-refractivity contribution in [2.24, 2.45) is 5.73 Å². The van der Waals surface area contributed by atoms with Crippen LogP contribution in [-0.4, -0.2) is 31.8 Å². The summed E-state index contributed by atoms with van der Waals surface area (Å²) < 4.78 is 1.58. The third kappa shape index (κ3) is 4.18. The Labute approximate surface area is 145 Å². The first-order chi connectivity index (χ1) is 11.1. The molecule has 0 radical (unpaired) electrons. The summed E-state index contributed by atoms with van der Waals surface area (Å²) in [6, 6.07) is 7.83. The Morgan fingerprint density at radius 1 is 1.13 bits per heavy atom. The summed E-state index contributed by atoms with van der Waals surface area (Å²) >= 11 is 4.32. The molecule has 6 nitrogen and oxygen atoms in total. The van der Waals surface area contributed by atoms with E-state index >= 15 is 0 Å². The fourth-order valence-corrected chi connectivity index (χ4v) is 4.60. The van der Waals surface area contributed by atoms with E-state index in [2.05, 4.69) is 20.2 Å². The molecule has 9 heteroatoms. The number of benzene rings is 1. The molecule has 0 atom stereocenters. The number of aryl methyl sites for hydroxylation is 1. The Bertz CT molecular complexity index is 851. The zero-order valence-electron chi connectivity index (χ0n) is 12.2. The lowest BCUT2D eigenvalue weighted by molar-refractivity contribution is -0.115. The third-order valence-corrected chi connectivity index (χ3v) is 6.12. The molecule has 1 aromatic carbocycles. The van der Waals surface area contributed by atoms with Gasteiger partial charge >= 0.3 is 0 Å². The van der Waals surface area contributed by atoms with E-state index in [0.717, 1.165) is 31.1 Å². The highest BCUT2D eigenvalue weighted by Crippen LogP contribution is 2.30. The van der Waals surface area contributed by atoms with Crippen LogP contribution in [0.3, 0.4) is 0 Å². The van der Waals surface area contributed by atoms with Gasteiger partial charge in [0.15, 0.2) is 8.68 Å². The van der Waals surface area contributed by atoms with E-state index in [1.54, 1.807) is 11.8 Å². The van der Waals surface area contributed by atoms with Crippen LogP contribution in [0.15, 0.2) is 32.9 Å². The number of carbonyl (C=O) groups is 1. The molecule has 2 aromatic heterocycles. The van der Waals surface area contributed by atoms with Gasteiger partial charge in [-0.2, -0.15) is 0 Å². The number of amides is 1. The molecule has 0 saturated carbocycles. The molecule has 0 spiro atoms. The van der Waals surface area contributed by atoms with Crippen molar-refractivity contribution in [3.8, 4) is 0 Å². The molecule has 0 fully saturated rings. The maximum Gasteiger partial charge on any atom is 0.227 e. The van der Waals surface area contributed by atoms with Gasteiger partial charge in [0.05, 0.1) is 28.2 Å². The molecule has 2 N–H and O–H groups in total. The van der Waals surface area contributed by atoms with Gasteiger partial charge in [0.25, 0.3) is 0 Å². The summed E-state index contributed by atoms with van der Waals surface area (Å²) in [4.78, 5) is 20.0. The number of rotatable bonds is 6. The van der Waals surface area contributed by atoms with Gasteiger partial charge in [-0.25, -0.2) is 9.97 Å². The third-order valence-electron chi connectivity index (χ3n) is 2.90. The Morgan fingerprint density at radius 2 is 1.78 bits per heavy atom. The Balaban J connectivity index is 1.68. The van der Waals surface area contributed by atoms with Crippen molar-refractivity contribution in [2.45, 2.75) is 21.4 Å². The quantitative estimate of drug-likeness (QED) is 0.673. The van der Waals surface area contributed by atoms with Crippen molar-refractivity contribution < 1.29 is 4.79 Å². The maximum atomic E-state index is 10.8. The molecule has 0 bridgehead atoms. The van der Waals surface area contributed by atoms with Crippen LogP contribution in [0.2, 0.25) is 0 Å². The van der Waals surface area contributed by atoms with Crippen LogP contribution in [0, 0.1) is 6.92 Å². The van der Waals surface area contributed by atoms with Gasteiger partial charge in [-0.3, -0.25) is 4.79 Å². The van der Waals surface area contributed by atoms with Crippen molar-refractivity contribution in [3.63, 3.8) is 0 Å². The van der Waals surface area contributed by atoms with Gasteiger partial charge in [0.2, 0.25) is 5.91 Å². The number of hydrogen-bond donors (Lipinski definition) is 1. The van der Waals surface area contributed by atoms with E-state index in [9.17, 15) is 4.79 Å². The minimum Gasteiger partial charge on any atom is -0.369 e. The summed E-state index contributed by atoms with van der Waals surface area (Å²) in [6.07, 6.45) is 0. The van der Waals surface area contributed by atoms with Crippen LogP contribution in [-0.2, 0) is 10.5 Å². The number of carbonyl (C=O) groups excluding carboxylic acids is 1. The minimum absolute atomic E-state index is 0.217. The minimum atomic E-state index is -0.360. The highest BCUT2D eigenvalue weighted by atomic mass is 32.2. The van der Waals surface area contributed by atoms with Crippen LogP contribution in [0.5, 0.6) is 0 Å². The fraction of sp³-hybridized carbons (Fsp3) is 0.214. The Hall–Kier alpha value is -1.71. The number of thioether (sulfide) groups is 2. The van der Waals surface area contributed by atoms with Crippen molar-refractivity contribution in [2.75, 3.05) is 5.75 Å². The van der Waals surface area contributed by atoms with E-state index in [1.165, 1.54) is 23.1 Å². The fourth-order valence-electron chi connectivity index (χ4n) is 1.84. The van der Waals surface area contributed by atoms with E-state index < -0.39 is 0 Å². The predicted molar refractivity (Wildman–Crippen MR) is 93.7 cm³/mol. The first kappa shape index (κ1) is 16.2. The van der Waals surface area contributed by atoms with Crippen molar-refractivity contribution in [1.29, 1.82) is 0 Å². The van der Waals surface area contributed by atoms with E-state index in [1.807, 2.05) is 31.2 Å². The maximum absolute atomic E-state index is 10.8. The van der Waals surface area contributed by atoms with Crippen LogP contribution in [0.1, 0.15) is 11.4 Å². The molecule has 0 aliphatic rings.